The maximum Gasteiger partial charge on any atom is 0.214 e. The SMILES string of the molecule is CCCC1CCCN(S(=O)(=O)CCC2CCNCC2)CC1. The molecular weight excluding hydrogens is 284 g/mol. The first kappa shape index (κ1) is 17.2. The van der Waals surface area contributed by atoms with Crippen molar-refractivity contribution < 1.29 is 8.42 Å². The fraction of sp³-hybridized carbons (Fsp3) is 1.00. The number of nitrogens with zero attached hydrogens (tertiary/aromatic N) is 1. The zero-order valence-corrected chi connectivity index (χ0v) is 14.3. The summed E-state index contributed by atoms with van der Waals surface area (Å²) in [5, 5.41) is 3.34. The predicted molar refractivity (Wildman–Crippen MR) is 87.8 cm³/mol. The molecule has 124 valence electrons. The summed E-state index contributed by atoms with van der Waals surface area (Å²) in [5.41, 5.74) is 0. The van der Waals surface area contributed by atoms with Crippen LogP contribution in [0.25, 0.3) is 0 Å². The van der Waals surface area contributed by atoms with Crippen LogP contribution in [0.2, 0.25) is 0 Å². The summed E-state index contributed by atoms with van der Waals surface area (Å²) in [6.07, 6.45) is 8.88. The molecule has 2 rings (SSSR count). The summed E-state index contributed by atoms with van der Waals surface area (Å²) in [7, 11) is -3.03. The van der Waals surface area contributed by atoms with E-state index >= 15 is 0 Å². The molecule has 0 spiro atoms. The van der Waals surface area contributed by atoms with Crippen LogP contribution in [-0.2, 0) is 10.0 Å². The van der Waals surface area contributed by atoms with Gasteiger partial charge in [0, 0.05) is 13.1 Å². The minimum atomic E-state index is -3.03. The van der Waals surface area contributed by atoms with Crippen molar-refractivity contribution in [2.45, 2.75) is 58.3 Å². The number of hydrogen-bond donors (Lipinski definition) is 1. The van der Waals surface area contributed by atoms with E-state index in [1.54, 1.807) is 4.31 Å². The van der Waals surface area contributed by atoms with Crippen LogP contribution in [0, 0.1) is 11.8 Å². The third-order valence-corrected chi connectivity index (χ3v) is 7.04. The highest BCUT2D eigenvalue weighted by molar-refractivity contribution is 7.89. The van der Waals surface area contributed by atoms with Gasteiger partial charge in [-0.15, -0.1) is 0 Å². The Balaban J connectivity index is 1.80. The summed E-state index contributed by atoms with van der Waals surface area (Å²) in [6, 6.07) is 0. The Labute approximate surface area is 130 Å². The zero-order chi connectivity index (χ0) is 15.1. The number of piperidine rings is 1. The minimum absolute atomic E-state index is 0.357. The van der Waals surface area contributed by atoms with E-state index in [9.17, 15) is 8.42 Å². The third kappa shape index (κ3) is 5.53. The molecule has 1 N–H and O–H groups in total. The first-order chi connectivity index (χ1) is 10.1. The first-order valence-electron chi connectivity index (χ1n) is 8.80. The molecule has 2 aliphatic heterocycles. The Hall–Kier alpha value is -0.130. The van der Waals surface area contributed by atoms with Crippen molar-refractivity contribution in [3.8, 4) is 0 Å². The second-order valence-electron chi connectivity index (χ2n) is 6.78. The van der Waals surface area contributed by atoms with Gasteiger partial charge in [0.1, 0.15) is 0 Å². The predicted octanol–water partition coefficient (Wildman–Crippen LogP) is 2.61. The van der Waals surface area contributed by atoms with E-state index in [1.807, 2.05) is 0 Å². The van der Waals surface area contributed by atoms with Crippen molar-refractivity contribution in [1.29, 1.82) is 0 Å². The minimum Gasteiger partial charge on any atom is -0.317 e. The lowest BCUT2D eigenvalue weighted by Gasteiger charge is -2.25. The van der Waals surface area contributed by atoms with E-state index in [1.165, 1.54) is 19.3 Å². The van der Waals surface area contributed by atoms with E-state index in [4.69, 9.17) is 0 Å². The quantitative estimate of drug-likeness (QED) is 0.819. The maximum atomic E-state index is 12.6. The lowest BCUT2D eigenvalue weighted by atomic mass is 9.96. The van der Waals surface area contributed by atoms with Gasteiger partial charge in [0.2, 0.25) is 10.0 Å². The van der Waals surface area contributed by atoms with Crippen molar-refractivity contribution in [3.05, 3.63) is 0 Å². The molecule has 2 saturated heterocycles. The number of rotatable bonds is 6. The molecule has 0 radical (unpaired) electrons. The van der Waals surface area contributed by atoms with E-state index in [-0.39, 0.29) is 0 Å². The topological polar surface area (TPSA) is 49.4 Å². The van der Waals surface area contributed by atoms with Crippen LogP contribution in [0.3, 0.4) is 0 Å². The van der Waals surface area contributed by atoms with Gasteiger partial charge < -0.3 is 5.32 Å². The molecule has 4 nitrogen and oxygen atoms in total. The van der Waals surface area contributed by atoms with Gasteiger partial charge >= 0.3 is 0 Å². The highest BCUT2D eigenvalue weighted by Crippen LogP contribution is 2.24. The van der Waals surface area contributed by atoms with Gasteiger partial charge in [-0.05, 0) is 63.5 Å². The molecule has 0 aliphatic carbocycles. The van der Waals surface area contributed by atoms with Gasteiger partial charge in [0.15, 0.2) is 0 Å². The highest BCUT2D eigenvalue weighted by Gasteiger charge is 2.26. The van der Waals surface area contributed by atoms with Crippen molar-refractivity contribution in [1.82, 2.24) is 9.62 Å². The van der Waals surface area contributed by atoms with Gasteiger partial charge in [-0.1, -0.05) is 19.8 Å². The molecular formula is C16H32N2O2S. The van der Waals surface area contributed by atoms with Crippen LogP contribution in [0.4, 0.5) is 0 Å². The molecule has 1 atom stereocenters. The summed E-state index contributed by atoms with van der Waals surface area (Å²) in [6.45, 7) is 5.81. The molecule has 0 bridgehead atoms. The molecule has 1 unspecified atom stereocenters. The molecule has 21 heavy (non-hydrogen) atoms. The largest absolute Gasteiger partial charge is 0.317 e. The molecule has 0 saturated carbocycles. The van der Waals surface area contributed by atoms with Crippen LogP contribution in [-0.4, -0.2) is 44.7 Å². The Bertz CT molecular complexity index is 391. The van der Waals surface area contributed by atoms with Gasteiger partial charge in [-0.2, -0.15) is 0 Å². The van der Waals surface area contributed by atoms with E-state index < -0.39 is 10.0 Å². The summed E-state index contributed by atoms with van der Waals surface area (Å²) < 4.78 is 26.9. The van der Waals surface area contributed by atoms with Crippen molar-refractivity contribution in [2.75, 3.05) is 31.9 Å². The average molecular weight is 317 g/mol. The Morgan fingerprint density at radius 1 is 1.00 bits per heavy atom. The Morgan fingerprint density at radius 3 is 2.43 bits per heavy atom. The van der Waals surface area contributed by atoms with Gasteiger partial charge in [0.25, 0.3) is 0 Å². The Morgan fingerprint density at radius 2 is 1.71 bits per heavy atom. The summed E-state index contributed by atoms with van der Waals surface area (Å²) in [4.78, 5) is 0. The van der Waals surface area contributed by atoms with Gasteiger partial charge in [0.05, 0.1) is 5.75 Å². The van der Waals surface area contributed by atoms with Crippen LogP contribution in [0.15, 0.2) is 0 Å². The smallest absolute Gasteiger partial charge is 0.214 e. The van der Waals surface area contributed by atoms with E-state index in [0.717, 1.165) is 64.2 Å². The number of hydrogen-bond acceptors (Lipinski definition) is 3. The lowest BCUT2D eigenvalue weighted by Crippen LogP contribution is -2.35. The lowest BCUT2D eigenvalue weighted by molar-refractivity contribution is 0.358. The summed E-state index contributed by atoms with van der Waals surface area (Å²) in [5.74, 6) is 1.69. The fourth-order valence-electron chi connectivity index (χ4n) is 3.73. The molecule has 5 heteroatoms. The first-order valence-corrected chi connectivity index (χ1v) is 10.4. The standard InChI is InChI=1S/C16H32N2O2S/c1-2-4-15-5-3-12-18(13-8-15)21(19,20)14-9-16-6-10-17-11-7-16/h15-17H,2-14H2,1H3. The second kappa shape index (κ2) is 8.49. The van der Waals surface area contributed by atoms with E-state index in [2.05, 4.69) is 12.2 Å². The second-order valence-corrected chi connectivity index (χ2v) is 8.87. The monoisotopic (exact) mass is 316 g/mol. The van der Waals surface area contributed by atoms with Gasteiger partial charge in [-0.3, -0.25) is 0 Å². The molecule has 0 aromatic carbocycles. The van der Waals surface area contributed by atoms with Crippen LogP contribution >= 0.6 is 0 Å². The molecule has 0 aromatic heterocycles. The van der Waals surface area contributed by atoms with Crippen molar-refractivity contribution in [2.24, 2.45) is 11.8 Å². The number of nitrogens with one attached hydrogen (secondary N) is 1. The molecule has 2 heterocycles. The fourth-order valence-corrected chi connectivity index (χ4v) is 5.41. The van der Waals surface area contributed by atoms with Crippen molar-refractivity contribution in [3.63, 3.8) is 0 Å². The van der Waals surface area contributed by atoms with Crippen LogP contribution in [0.1, 0.15) is 58.3 Å². The third-order valence-electron chi connectivity index (χ3n) is 5.14. The highest BCUT2D eigenvalue weighted by atomic mass is 32.2. The molecule has 2 aliphatic rings. The number of sulfonamides is 1. The average Bonchev–Trinajstić information content (AvgIpc) is 2.73. The van der Waals surface area contributed by atoms with E-state index in [0.29, 0.717) is 11.7 Å². The van der Waals surface area contributed by atoms with Gasteiger partial charge in [-0.25, -0.2) is 12.7 Å². The molecule has 0 aromatic rings. The normalized spacial score (nSPS) is 26.6. The molecule has 0 amide bonds. The summed E-state index contributed by atoms with van der Waals surface area (Å²) >= 11 is 0. The van der Waals surface area contributed by atoms with Crippen LogP contribution in [0.5, 0.6) is 0 Å². The van der Waals surface area contributed by atoms with Crippen molar-refractivity contribution >= 4 is 10.0 Å². The maximum absolute atomic E-state index is 12.6. The van der Waals surface area contributed by atoms with Crippen LogP contribution < -0.4 is 5.32 Å². The Kier molecular flexibility index (Phi) is 6.96. The zero-order valence-electron chi connectivity index (χ0n) is 13.5. The molecule has 2 fully saturated rings.